The molecule has 54 valence electrons. The van der Waals surface area contributed by atoms with E-state index < -0.39 is 0 Å². The van der Waals surface area contributed by atoms with Crippen LogP contribution in [0.1, 0.15) is 19.3 Å². The first-order chi connectivity index (χ1) is 4.43. The third-order valence-corrected chi connectivity index (χ3v) is 1.84. The van der Waals surface area contributed by atoms with Crippen LogP contribution in [0.15, 0.2) is 0 Å². The molecule has 1 aliphatic heterocycles. The maximum atomic E-state index is 5.37. The first kappa shape index (κ1) is 7.03. The molecule has 2 N–H and O–H groups in total. The fourth-order valence-electron chi connectivity index (χ4n) is 1.22. The van der Waals surface area contributed by atoms with E-state index in [1.807, 2.05) is 0 Å². The van der Waals surface area contributed by atoms with Crippen LogP contribution in [0.5, 0.6) is 0 Å². The minimum absolute atomic E-state index is 0.813. The highest BCUT2D eigenvalue weighted by atomic mass is 16.5. The van der Waals surface area contributed by atoms with E-state index in [0.29, 0.717) is 0 Å². The lowest BCUT2D eigenvalue weighted by Crippen LogP contribution is -2.04. The summed E-state index contributed by atoms with van der Waals surface area (Å²) in [5.41, 5.74) is 5.37. The predicted molar refractivity (Wildman–Crippen MR) is 37.2 cm³/mol. The van der Waals surface area contributed by atoms with Crippen LogP contribution in [-0.4, -0.2) is 19.8 Å². The van der Waals surface area contributed by atoms with Crippen molar-refractivity contribution in [2.24, 2.45) is 11.7 Å². The van der Waals surface area contributed by atoms with Gasteiger partial charge in [-0.1, -0.05) is 0 Å². The Bertz CT molecular complexity index is 69.3. The molecule has 1 heterocycles. The Balaban J connectivity index is 1.98. The van der Waals surface area contributed by atoms with Gasteiger partial charge in [0.25, 0.3) is 0 Å². The Morgan fingerprint density at radius 2 is 2.44 bits per heavy atom. The molecule has 1 rings (SSSR count). The topological polar surface area (TPSA) is 35.2 Å². The number of nitrogens with two attached hydrogens (primary N) is 1. The molecule has 0 aromatic heterocycles. The molecule has 1 fully saturated rings. The maximum Gasteiger partial charge on any atom is 0.0495 e. The monoisotopic (exact) mass is 129 g/mol. The summed E-state index contributed by atoms with van der Waals surface area (Å²) in [7, 11) is 0. The summed E-state index contributed by atoms with van der Waals surface area (Å²) in [6.45, 7) is 2.77. The predicted octanol–water partition coefficient (Wildman–Crippen LogP) is 0.762. The molecule has 0 aromatic rings. The molecule has 2 nitrogen and oxygen atoms in total. The zero-order valence-electron chi connectivity index (χ0n) is 5.81. The Hall–Kier alpha value is -0.0800. The summed E-state index contributed by atoms with van der Waals surface area (Å²) in [4.78, 5) is 0. The van der Waals surface area contributed by atoms with Crippen molar-refractivity contribution in [3.63, 3.8) is 0 Å². The van der Waals surface area contributed by atoms with E-state index in [4.69, 9.17) is 10.5 Å². The van der Waals surface area contributed by atoms with E-state index in [-0.39, 0.29) is 0 Å². The summed E-state index contributed by atoms with van der Waals surface area (Å²) >= 11 is 0. The quantitative estimate of drug-likeness (QED) is 0.610. The van der Waals surface area contributed by atoms with Crippen LogP contribution >= 0.6 is 0 Å². The Morgan fingerprint density at radius 3 is 3.00 bits per heavy atom. The van der Waals surface area contributed by atoms with Crippen LogP contribution in [0.2, 0.25) is 0 Å². The van der Waals surface area contributed by atoms with E-state index in [1.54, 1.807) is 0 Å². The van der Waals surface area contributed by atoms with Gasteiger partial charge in [-0.3, -0.25) is 0 Å². The second-order valence-corrected chi connectivity index (χ2v) is 2.66. The molecule has 0 aliphatic carbocycles. The van der Waals surface area contributed by atoms with Crippen molar-refractivity contribution >= 4 is 0 Å². The molecule has 0 amide bonds. The molecule has 2 heteroatoms. The summed E-state index contributed by atoms with van der Waals surface area (Å²) < 4.78 is 5.21. The van der Waals surface area contributed by atoms with E-state index >= 15 is 0 Å². The summed E-state index contributed by atoms with van der Waals surface area (Å²) in [5.74, 6) is 0.813. The van der Waals surface area contributed by atoms with Crippen LogP contribution in [0.3, 0.4) is 0 Å². The highest BCUT2D eigenvalue weighted by Crippen LogP contribution is 2.16. The lowest BCUT2D eigenvalue weighted by molar-refractivity contribution is 0.184. The van der Waals surface area contributed by atoms with Crippen molar-refractivity contribution in [2.75, 3.05) is 19.8 Å². The van der Waals surface area contributed by atoms with Crippen molar-refractivity contribution in [2.45, 2.75) is 19.3 Å². The smallest absolute Gasteiger partial charge is 0.0495 e. The van der Waals surface area contributed by atoms with Crippen molar-refractivity contribution in [3.05, 3.63) is 0 Å². The SMILES string of the molecule is NCCCC1CCOC1. The molecule has 0 spiro atoms. The van der Waals surface area contributed by atoms with E-state index in [9.17, 15) is 0 Å². The molecule has 0 bridgehead atoms. The molecular formula is C7H15NO. The van der Waals surface area contributed by atoms with Crippen molar-refractivity contribution in [3.8, 4) is 0 Å². The standard InChI is InChI=1S/C7H15NO/c8-4-1-2-7-3-5-9-6-7/h7H,1-6,8H2. The highest BCUT2D eigenvalue weighted by molar-refractivity contribution is 4.63. The first-order valence-electron chi connectivity index (χ1n) is 3.71. The normalized spacial score (nSPS) is 27.0. The second kappa shape index (κ2) is 3.85. The van der Waals surface area contributed by atoms with Crippen molar-refractivity contribution in [1.82, 2.24) is 0 Å². The van der Waals surface area contributed by atoms with Gasteiger partial charge in [0.1, 0.15) is 0 Å². The van der Waals surface area contributed by atoms with Gasteiger partial charge in [0, 0.05) is 13.2 Å². The first-order valence-corrected chi connectivity index (χ1v) is 3.71. The molecule has 1 atom stereocenters. The van der Waals surface area contributed by atoms with Crippen LogP contribution in [0.25, 0.3) is 0 Å². The van der Waals surface area contributed by atoms with Gasteiger partial charge in [-0.15, -0.1) is 0 Å². The number of ether oxygens (including phenoxy) is 1. The number of rotatable bonds is 3. The molecular weight excluding hydrogens is 114 g/mol. The maximum absolute atomic E-state index is 5.37. The van der Waals surface area contributed by atoms with Crippen molar-refractivity contribution in [1.29, 1.82) is 0 Å². The lowest BCUT2D eigenvalue weighted by Gasteiger charge is -2.03. The van der Waals surface area contributed by atoms with Crippen LogP contribution in [-0.2, 0) is 4.74 Å². The van der Waals surface area contributed by atoms with Crippen LogP contribution in [0.4, 0.5) is 0 Å². The van der Waals surface area contributed by atoms with Gasteiger partial charge in [0.2, 0.25) is 0 Å². The zero-order valence-corrected chi connectivity index (χ0v) is 5.81. The summed E-state index contributed by atoms with van der Waals surface area (Å²) in [6.07, 6.45) is 3.67. The third kappa shape index (κ3) is 2.33. The third-order valence-electron chi connectivity index (χ3n) is 1.84. The molecule has 1 aliphatic rings. The molecule has 0 aromatic carbocycles. The van der Waals surface area contributed by atoms with Gasteiger partial charge in [-0.25, -0.2) is 0 Å². The average molecular weight is 129 g/mol. The zero-order chi connectivity index (χ0) is 6.53. The van der Waals surface area contributed by atoms with Gasteiger partial charge in [0.15, 0.2) is 0 Å². The number of hydrogen-bond donors (Lipinski definition) is 1. The van der Waals surface area contributed by atoms with Gasteiger partial charge in [-0.05, 0) is 31.7 Å². The van der Waals surface area contributed by atoms with E-state index in [1.165, 1.54) is 12.8 Å². The molecule has 0 saturated carbocycles. The molecule has 9 heavy (non-hydrogen) atoms. The Kier molecular flexibility index (Phi) is 3.01. The summed E-state index contributed by atoms with van der Waals surface area (Å²) in [5, 5.41) is 0. The van der Waals surface area contributed by atoms with Crippen LogP contribution < -0.4 is 5.73 Å². The van der Waals surface area contributed by atoms with Gasteiger partial charge in [0.05, 0.1) is 0 Å². The minimum atomic E-state index is 0.813. The van der Waals surface area contributed by atoms with Crippen molar-refractivity contribution < 1.29 is 4.74 Å². The molecule has 1 unspecified atom stereocenters. The van der Waals surface area contributed by atoms with E-state index in [0.717, 1.165) is 32.1 Å². The molecule has 0 radical (unpaired) electrons. The average Bonchev–Trinajstić information content (AvgIpc) is 2.34. The second-order valence-electron chi connectivity index (χ2n) is 2.66. The highest BCUT2D eigenvalue weighted by Gasteiger charge is 2.13. The number of hydrogen-bond acceptors (Lipinski definition) is 2. The Labute approximate surface area is 56.4 Å². The fraction of sp³-hybridized carbons (Fsp3) is 1.00. The van der Waals surface area contributed by atoms with Crippen LogP contribution in [0, 0.1) is 5.92 Å². The van der Waals surface area contributed by atoms with E-state index in [2.05, 4.69) is 0 Å². The van der Waals surface area contributed by atoms with Gasteiger partial charge < -0.3 is 10.5 Å². The summed E-state index contributed by atoms with van der Waals surface area (Å²) in [6, 6.07) is 0. The molecule has 1 saturated heterocycles. The van der Waals surface area contributed by atoms with Gasteiger partial charge in [-0.2, -0.15) is 0 Å². The largest absolute Gasteiger partial charge is 0.381 e. The minimum Gasteiger partial charge on any atom is -0.381 e. The van der Waals surface area contributed by atoms with Gasteiger partial charge >= 0.3 is 0 Å². The fourth-order valence-corrected chi connectivity index (χ4v) is 1.22. The lowest BCUT2D eigenvalue weighted by atomic mass is 10.0. The Morgan fingerprint density at radius 1 is 1.56 bits per heavy atom.